The molecule has 0 radical (unpaired) electrons. The molecule has 0 saturated carbocycles. The molecule has 5 nitrogen and oxygen atoms in total. The number of rotatable bonds is 7. The van der Waals surface area contributed by atoms with Crippen LogP contribution >= 0.6 is 0 Å². The lowest BCUT2D eigenvalue weighted by atomic mass is 9.91. The number of aromatic nitrogens is 3. The molecule has 0 saturated heterocycles. The summed E-state index contributed by atoms with van der Waals surface area (Å²) < 4.78 is 6.62. The molecule has 0 bridgehead atoms. The zero-order valence-corrected chi connectivity index (χ0v) is 30.7. The molecule has 10 aromatic rings. The van der Waals surface area contributed by atoms with Gasteiger partial charge >= 0.3 is 0 Å². The van der Waals surface area contributed by atoms with E-state index < -0.39 is 0 Å². The fourth-order valence-electron chi connectivity index (χ4n) is 7.56. The van der Waals surface area contributed by atoms with Crippen molar-refractivity contribution in [3.8, 4) is 84.7 Å². The van der Waals surface area contributed by atoms with Crippen molar-refractivity contribution in [3.63, 3.8) is 0 Å². The Labute approximate surface area is 329 Å². The van der Waals surface area contributed by atoms with Gasteiger partial charge in [-0.1, -0.05) is 152 Å². The third-order valence-corrected chi connectivity index (χ3v) is 10.4. The van der Waals surface area contributed by atoms with Gasteiger partial charge in [-0.25, -0.2) is 15.0 Å². The van der Waals surface area contributed by atoms with Crippen molar-refractivity contribution in [2.45, 2.75) is 0 Å². The van der Waals surface area contributed by atoms with Gasteiger partial charge in [-0.2, -0.15) is 5.26 Å². The summed E-state index contributed by atoms with van der Waals surface area (Å²) in [6, 6.07) is 68.2. The summed E-state index contributed by atoms with van der Waals surface area (Å²) in [5, 5.41) is 11.8. The van der Waals surface area contributed by atoms with Crippen LogP contribution < -0.4 is 0 Å². The summed E-state index contributed by atoms with van der Waals surface area (Å²) in [7, 11) is 0. The van der Waals surface area contributed by atoms with Gasteiger partial charge in [0.25, 0.3) is 0 Å². The standard InChI is InChI=1S/C52H32N4O/c53-33-40-19-10-11-20-44(40)36-23-25-38(26-24-36)51-54-50(37-17-8-3-9-18-37)55-52(56-51)39-27-28-46-48(32-39)57-47-22-12-21-45(49(46)47)43-30-41(34-13-4-1-5-14-34)29-42(31-43)35-15-6-2-7-16-35/h1-32H. The van der Waals surface area contributed by atoms with Crippen molar-refractivity contribution in [2.24, 2.45) is 0 Å². The Morgan fingerprint density at radius 1 is 0.351 bits per heavy atom. The maximum absolute atomic E-state index is 9.68. The highest BCUT2D eigenvalue weighted by Crippen LogP contribution is 2.41. The van der Waals surface area contributed by atoms with Gasteiger partial charge in [0.05, 0.1) is 11.6 Å². The minimum absolute atomic E-state index is 0.545. The Morgan fingerprint density at radius 3 is 1.47 bits per heavy atom. The molecular formula is C52H32N4O. The van der Waals surface area contributed by atoms with Crippen LogP contribution in [0.4, 0.5) is 0 Å². The highest BCUT2D eigenvalue weighted by Gasteiger charge is 2.18. The van der Waals surface area contributed by atoms with Crippen LogP contribution in [0.25, 0.3) is 101 Å². The number of nitrogens with zero attached hydrogens (tertiary/aromatic N) is 4. The highest BCUT2D eigenvalue weighted by atomic mass is 16.3. The van der Waals surface area contributed by atoms with Gasteiger partial charge in [-0.3, -0.25) is 0 Å². The second kappa shape index (κ2) is 14.4. The summed E-state index contributed by atoms with van der Waals surface area (Å²) in [4.78, 5) is 15.0. The van der Waals surface area contributed by atoms with Crippen LogP contribution in [0, 0.1) is 11.3 Å². The van der Waals surface area contributed by atoms with E-state index in [-0.39, 0.29) is 0 Å². The van der Waals surface area contributed by atoms with Crippen molar-refractivity contribution in [2.75, 3.05) is 0 Å². The molecule has 2 heterocycles. The fourth-order valence-corrected chi connectivity index (χ4v) is 7.56. The van der Waals surface area contributed by atoms with Crippen molar-refractivity contribution >= 4 is 21.9 Å². The first-order valence-electron chi connectivity index (χ1n) is 18.8. The maximum Gasteiger partial charge on any atom is 0.164 e. The van der Waals surface area contributed by atoms with Gasteiger partial charge in [0, 0.05) is 27.5 Å². The van der Waals surface area contributed by atoms with E-state index in [1.54, 1.807) is 0 Å². The average molecular weight is 729 g/mol. The third-order valence-electron chi connectivity index (χ3n) is 10.4. The fraction of sp³-hybridized carbons (Fsp3) is 0. The number of benzene rings is 8. The molecule has 0 aliphatic heterocycles. The Hall–Kier alpha value is -7.94. The van der Waals surface area contributed by atoms with Gasteiger partial charge in [0.2, 0.25) is 0 Å². The summed E-state index contributed by atoms with van der Waals surface area (Å²) in [5.41, 5.74) is 13.4. The first kappa shape index (κ1) is 33.6. The van der Waals surface area contributed by atoms with E-state index in [1.165, 1.54) is 0 Å². The molecule has 0 spiro atoms. The van der Waals surface area contributed by atoms with Gasteiger partial charge in [-0.15, -0.1) is 0 Å². The zero-order valence-electron chi connectivity index (χ0n) is 30.7. The van der Waals surface area contributed by atoms with Crippen LogP contribution in [-0.4, -0.2) is 15.0 Å². The van der Waals surface area contributed by atoms with E-state index in [1.807, 2.05) is 103 Å². The number of hydrogen-bond donors (Lipinski definition) is 0. The van der Waals surface area contributed by atoms with E-state index in [9.17, 15) is 5.26 Å². The van der Waals surface area contributed by atoms with Crippen LogP contribution in [0.2, 0.25) is 0 Å². The molecule has 10 rings (SSSR count). The topological polar surface area (TPSA) is 75.6 Å². The largest absolute Gasteiger partial charge is 0.456 e. The lowest BCUT2D eigenvalue weighted by Gasteiger charge is -2.12. The first-order valence-corrected chi connectivity index (χ1v) is 18.8. The molecule has 266 valence electrons. The van der Waals surface area contributed by atoms with Crippen LogP contribution in [-0.2, 0) is 0 Å². The molecule has 2 aromatic heterocycles. The number of fused-ring (bicyclic) bond motifs is 3. The predicted octanol–water partition coefficient (Wildman–Crippen LogP) is 13.3. The lowest BCUT2D eigenvalue weighted by Crippen LogP contribution is -2.00. The van der Waals surface area contributed by atoms with E-state index in [4.69, 9.17) is 19.4 Å². The van der Waals surface area contributed by atoms with Crippen LogP contribution in [0.1, 0.15) is 5.56 Å². The quantitative estimate of drug-likeness (QED) is 0.163. The van der Waals surface area contributed by atoms with E-state index in [0.29, 0.717) is 23.0 Å². The van der Waals surface area contributed by atoms with Crippen molar-refractivity contribution in [3.05, 3.63) is 200 Å². The molecule has 5 heteroatoms. The Morgan fingerprint density at radius 2 is 0.842 bits per heavy atom. The Kier molecular flexibility index (Phi) is 8.48. The van der Waals surface area contributed by atoms with E-state index >= 15 is 0 Å². The normalized spacial score (nSPS) is 11.1. The lowest BCUT2D eigenvalue weighted by molar-refractivity contribution is 0.669. The first-order chi connectivity index (χ1) is 28.2. The van der Waals surface area contributed by atoms with Gasteiger partial charge in [0.1, 0.15) is 11.2 Å². The zero-order chi connectivity index (χ0) is 38.1. The Balaban J connectivity index is 1.09. The molecule has 0 unspecified atom stereocenters. The number of hydrogen-bond acceptors (Lipinski definition) is 5. The molecule has 0 aliphatic carbocycles. The molecule has 8 aromatic carbocycles. The second-order valence-corrected chi connectivity index (χ2v) is 13.9. The van der Waals surface area contributed by atoms with Crippen LogP contribution in [0.3, 0.4) is 0 Å². The average Bonchev–Trinajstić information content (AvgIpc) is 3.68. The smallest absolute Gasteiger partial charge is 0.164 e. The molecule has 57 heavy (non-hydrogen) atoms. The van der Waals surface area contributed by atoms with E-state index in [0.717, 1.165) is 83.1 Å². The number of nitriles is 1. The van der Waals surface area contributed by atoms with E-state index in [2.05, 4.69) is 97.1 Å². The van der Waals surface area contributed by atoms with Crippen LogP contribution in [0.5, 0.6) is 0 Å². The molecule has 0 aliphatic rings. The molecular weight excluding hydrogens is 697 g/mol. The molecule has 0 atom stereocenters. The molecule has 0 amide bonds. The number of furan rings is 1. The van der Waals surface area contributed by atoms with Crippen molar-refractivity contribution in [1.82, 2.24) is 15.0 Å². The van der Waals surface area contributed by atoms with Gasteiger partial charge in [0.15, 0.2) is 17.5 Å². The maximum atomic E-state index is 9.68. The Bertz CT molecular complexity index is 3050. The monoisotopic (exact) mass is 728 g/mol. The van der Waals surface area contributed by atoms with Gasteiger partial charge in [-0.05, 0) is 87.0 Å². The SMILES string of the molecule is N#Cc1ccccc1-c1ccc(-c2nc(-c3ccccc3)nc(-c3ccc4c(c3)oc3cccc(-c5cc(-c6ccccc6)cc(-c6ccccc6)c5)c34)n2)cc1. The molecule has 0 fully saturated rings. The van der Waals surface area contributed by atoms with Crippen molar-refractivity contribution < 1.29 is 4.42 Å². The predicted molar refractivity (Wildman–Crippen MR) is 230 cm³/mol. The van der Waals surface area contributed by atoms with Crippen molar-refractivity contribution in [1.29, 1.82) is 5.26 Å². The minimum Gasteiger partial charge on any atom is -0.456 e. The highest BCUT2D eigenvalue weighted by molar-refractivity contribution is 6.13. The summed E-state index contributed by atoms with van der Waals surface area (Å²) in [5.74, 6) is 1.68. The summed E-state index contributed by atoms with van der Waals surface area (Å²) >= 11 is 0. The van der Waals surface area contributed by atoms with Gasteiger partial charge < -0.3 is 4.42 Å². The minimum atomic E-state index is 0.545. The van der Waals surface area contributed by atoms with Crippen LogP contribution in [0.15, 0.2) is 199 Å². The second-order valence-electron chi connectivity index (χ2n) is 13.9. The summed E-state index contributed by atoms with van der Waals surface area (Å²) in [6.07, 6.45) is 0. The summed E-state index contributed by atoms with van der Waals surface area (Å²) in [6.45, 7) is 0. The third kappa shape index (κ3) is 6.42. The molecule has 0 N–H and O–H groups in total.